The van der Waals surface area contributed by atoms with Crippen LogP contribution < -0.4 is 0 Å². The van der Waals surface area contributed by atoms with Crippen molar-refractivity contribution in [2.75, 3.05) is 0 Å². The molecule has 0 radical (unpaired) electrons. The van der Waals surface area contributed by atoms with Gasteiger partial charge in [-0.05, 0) is 36.8 Å². The summed E-state index contributed by atoms with van der Waals surface area (Å²) in [6.07, 6.45) is 0. The minimum atomic E-state index is -0.812. The Balaban J connectivity index is 2.55. The summed E-state index contributed by atoms with van der Waals surface area (Å²) in [4.78, 5) is 13.9. The molecule has 1 atom stereocenters. The van der Waals surface area contributed by atoms with Crippen LogP contribution in [-0.2, 0) is 4.79 Å². The molecule has 0 aliphatic rings. The number of aliphatic carboxylic acids is 1. The number of fused-ring (bicyclic) bond motifs is 1. The largest absolute Gasteiger partial charge is 0.481 e. The van der Waals surface area contributed by atoms with E-state index < -0.39 is 11.9 Å². The predicted octanol–water partition coefficient (Wildman–Crippen LogP) is 3.15. The first kappa shape index (κ1) is 10.3. The second kappa shape index (κ2) is 3.75. The Kier molecular flexibility index (Phi) is 2.58. The number of aromatic nitrogens is 1. The van der Waals surface area contributed by atoms with Crippen LogP contribution in [0.15, 0.2) is 18.2 Å². The van der Waals surface area contributed by atoms with Gasteiger partial charge in [0.1, 0.15) is 0 Å². The van der Waals surface area contributed by atoms with Crippen molar-refractivity contribution >= 4 is 39.7 Å². The SMILES string of the molecule is CC(C(=O)O)c1ccc2[nH]c(=S)sc2c1. The minimum Gasteiger partial charge on any atom is -0.481 e. The second-order valence-corrected chi connectivity index (χ2v) is 5.05. The van der Waals surface area contributed by atoms with Gasteiger partial charge < -0.3 is 10.1 Å². The van der Waals surface area contributed by atoms with Crippen molar-refractivity contribution in [2.45, 2.75) is 12.8 Å². The van der Waals surface area contributed by atoms with Crippen molar-refractivity contribution in [3.05, 3.63) is 27.7 Å². The summed E-state index contributed by atoms with van der Waals surface area (Å²) in [7, 11) is 0. The third kappa shape index (κ3) is 1.93. The molecule has 1 aromatic heterocycles. The van der Waals surface area contributed by atoms with Gasteiger partial charge in [0.05, 0.1) is 16.1 Å². The lowest BCUT2D eigenvalue weighted by atomic mass is 10.0. The molecule has 1 heterocycles. The second-order valence-electron chi connectivity index (χ2n) is 3.33. The Bertz CT molecular complexity index is 570. The monoisotopic (exact) mass is 239 g/mol. The van der Waals surface area contributed by atoms with Crippen molar-refractivity contribution in [3.63, 3.8) is 0 Å². The quantitative estimate of drug-likeness (QED) is 0.791. The van der Waals surface area contributed by atoms with Gasteiger partial charge in [-0.15, -0.1) is 11.3 Å². The minimum absolute atomic E-state index is 0.481. The van der Waals surface area contributed by atoms with Crippen molar-refractivity contribution in [2.24, 2.45) is 0 Å². The number of rotatable bonds is 2. The van der Waals surface area contributed by atoms with Crippen LogP contribution in [0.2, 0.25) is 0 Å². The van der Waals surface area contributed by atoms with Crippen molar-refractivity contribution in [3.8, 4) is 0 Å². The van der Waals surface area contributed by atoms with Gasteiger partial charge >= 0.3 is 5.97 Å². The summed E-state index contributed by atoms with van der Waals surface area (Å²) in [6, 6.07) is 5.57. The van der Waals surface area contributed by atoms with E-state index in [1.807, 2.05) is 18.2 Å². The summed E-state index contributed by atoms with van der Waals surface area (Å²) in [5, 5.41) is 8.89. The van der Waals surface area contributed by atoms with Crippen LogP contribution in [0.1, 0.15) is 18.4 Å². The summed E-state index contributed by atoms with van der Waals surface area (Å²) in [5.41, 5.74) is 1.77. The van der Waals surface area contributed by atoms with Crippen LogP contribution in [0.5, 0.6) is 0 Å². The molecule has 0 aliphatic carbocycles. The number of benzene rings is 1. The van der Waals surface area contributed by atoms with Gasteiger partial charge in [0.2, 0.25) is 0 Å². The van der Waals surface area contributed by atoms with E-state index in [0.717, 1.165) is 15.8 Å². The number of aromatic amines is 1. The highest BCUT2D eigenvalue weighted by molar-refractivity contribution is 7.73. The molecule has 2 rings (SSSR count). The molecule has 0 amide bonds. The number of H-pyrrole nitrogens is 1. The maximum Gasteiger partial charge on any atom is 0.310 e. The third-order valence-electron chi connectivity index (χ3n) is 2.32. The molecule has 1 aromatic carbocycles. The van der Waals surface area contributed by atoms with E-state index in [2.05, 4.69) is 4.98 Å². The topological polar surface area (TPSA) is 53.1 Å². The van der Waals surface area contributed by atoms with Crippen LogP contribution in [0.25, 0.3) is 10.2 Å². The number of thiazole rings is 1. The van der Waals surface area contributed by atoms with Gasteiger partial charge in [0.15, 0.2) is 3.95 Å². The first-order valence-electron chi connectivity index (χ1n) is 4.43. The van der Waals surface area contributed by atoms with Gasteiger partial charge in [-0.3, -0.25) is 4.79 Å². The standard InChI is InChI=1S/C10H9NO2S2/c1-5(9(12)13)6-2-3-7-8(4-6)15-10(14)11-7/h2-5H,1H3,(H,11,14)(H,12,13). The first-order valence-corrected chi connectivity index (χ1v) is 5.66. The fourth-order valence-electron chi connectivity index (χ4n) is 1.37. The molecule has 5 heteroatoms. The van der Waals surface area contributed by atoms with Crippen LogP contribution in [0, 0.1) is 3.95 Å². The number of hydrogen-bond donors (Lipinski definition) is 2. The Morgan fingerprint density at radius 1 is 1.60 bits per heavy atom. The maximum atomic E-state index is 10.8. The summed E-state index contributed by atoms with van der Waals surface area (Å²) in [6.45, 7) is 1.68. The number of nitrogens with one attached hydrogen (secondary N) is 1. The summed E-state index contributed by atoms with van der Waals surface area (Å²) < 4.78 is 1.72. The average Bonchev–Trinajstić information content (AvgIpc) is 2.55. The van der Waals surface area contributed by atoms with Crippen LogP contribution in [0.4, 0.5) is 0 Å². The number of carboxylic acid groups (broad SMARTS) is 1. The van der Waals surface area contributed by atoms with E-state index in [0.29, 0.717) is 3.95 Å². The van der Waals surface area contributed by atoms with Crippen molar-refractivity contribution < 1.29 is 9.90 Å². The van der Waals surface area contributed by atoms with E-state index in [1.165, 1.54) is 11.3 Å². The van der Waals surface area contributed by atoms with Crippen LogP contribution in [0.3, 0.4) is 0 Å². The van der Waals surface area contributed by atoms with Crippen molar-refractivity contribution in [1.82, 2.24) is 4.98 Å². The Morgan fingerprint density at radius 3 is 3.00 bits per heavy atom. The average molecular weight is 239 g/mol. The van der Waals surface area contributed by atoms with Crippen LogP contribution >= 0.6 is 23.6 Å². The highest BCUT2D eigenvalue weighted by Crippen LogP contribution is 2.24. The van der Waals surface area contributed by atoms with Crippen LogP contribution in [-0.4, -0.2) is 16.1 Å². The zero-order valence-corrected chi connectivity index (χ0v) is 9.61. The molecule has 0 saturated heterocycles. The lowest BCUT2D eigenvalue weighted by molar-refractivity contribution is -0.138. The molecule has 0 bridgehead atoms. The smallest absolute Gasteiger partial charge is 0.310 e. The van der Waals surface area contributed by atoms with Gasteiger partial charge in [-0.1, -0.05) is 6.07 Å². The molecule has 78 valence electrons. The fraction of sp³-hybridized carbons (Fsp3) is 0.200. The fourth-order valence-corrected chi connectivity index (χ4v) is 2.54. The van der Waals surface area contributed by atoms with E-state index in [-0.39, 0.29) is 0 Å². The van der Waals surface area contributed by atoms with Gasteiger partial charge in [0, 0.05) is 0 Å². The molecule has 2 N–H and O–H groups in total. The van der Waals surface area contributed by atoms with E-state index in [1.54, 1.807) is 6.92 Å². The Morgan fingerprint density at radius 2 is 2.33 bits per heavy atom. The van der Waals surface area contributed by atoms with E-state index in [9.17, 15) is 4.79 Å². The Hall–Kier alpha value is -1.20. The van der Waals surface area contributed by atoms with Gasteiger partial charge in [0.25, 0.3) is 0 Å². The molecular formula is C10H9NO2S2. The zero-order valence-electron chi connectivity index (χ0n) is 7.98. The molecule has 0 aliphatic heterocycles. The predicted molar refractivity (Wildman–Crippen MR) is 63.1 cm³/mol. The molecule has 2 aromatic rings. The number of carboxylic acids is 1. The van der Waals surface area contributed by atoms with Gasteiger partial charge in [-0.25, -0.2) is 0 Å². The lowest BCUT2D eigenvalue weighted by Crippen LogP contribution is -2.06. The molecule has 0 saturated carbocycles. The third-order valence-corrected chi connectivity index (χ3v) is 3.51. The summed E-state index contributed by atoms with van der Waals surface area (Å²) in [5.74, 6) is -1.29. The first-order chi connectivity index (χ1) is 7.08. The number of hydrogen-bond acceptors (Lipinski definition) is 3. The number of carbonyl (C=O) groups is 1. The van der Waals surface area contributed by atoms with E-state index in [4.69, 9.17) is 17.3 Å². The lowest BCUT2D eigenvalue weighted by Gasteiger charge is -2.05. The molecule has 15 heavy (non-hydrogen) atoms. The molecule has 3 nitrogen and oxygen atoms in total. The summed E-state index contributed by atoms with van der Waals surface area (Å²) >= 11 is 6.48. The molecule has 1 unspecified atom stereocenters. The van der Waals surface area contributed by atoms with E-state index >= 15 is 0 Å². The van der Waals surface area contributed by atoms with Gasteiger partial charge in [-0.2, -0.15) is 0 Å². The molecule has 0 fully saturated rings. The highest BCUT2D eigenvalue weighted by atomic mass is 32.1. The normalized spacial score (nSPS) is 12.9. The molecular weight excluding hydrogens is 230 g/mol. The zero-order chi connectivity index (χ0) is 11.0. The molecule has 0 spiro atoms. The Labute approximate surface area is 95.4 Å². The van der Waals surface area contributed by atoms with Crippen molar-refractivity contribution in [1.29, 1.82) is 0 Å². The maximum absolute atomic E-state index is 10.8. The highest BCUT2D eigenvalue weighted by Gasteiger charge is 2.13.